The van der Waals surface area contributed by atoms with E-state index in [1.54, 1.807) is 12.1 Å². The van der Waals surface area contributed by atoms with Crippen molar-refractivity contribution >= 4 is 27.5 Å². The first-order valence-corrected chi connectivity index (χ1v) is 7.27. The molecule has 0 aliphatic carbocycles. The number of halogens is 4. The van der Waals surface area contributed by atoms with E-state index in [1.165, 1.54) is 26.4 Å². The SMILES string of the molecule is COc1cc(Cl)c(C(Br)c2ccc(F)cc2F)cc1OC. The Balaban J connectivity index is 2.50. The lowest BCUT2D eigenvalue weighted by Crippen LogP contribution is -2.00. The summed E-state index contributed by atoms with van der Waals surface area (Å²) in [5.74, 6) is -0.327. The van der Waals surface area contributed by atoms with Gasteiger partial charge in [-0.15, -0.1) is 0 Å². The van der Waals surface area contributed by atoms with Gasteiger partial charge in [-0.3, -0.25) is 0 Å². The number of hydrogen-bond acceptors (Lipinski definition) is 2. The molecule has 0 aromatic heterocycles. The van der Waals surface area contributed by atoms with Crippen molar-refractivity contribution in [1.82, 2.24) is 0 Å². The molecule has 2 rings (SSSR count). The van der Waals surface area contributed by atoms with E-state index < -0.39 is 16.5 Å². The fourth-order valence-electron chi connectivity index (χ4n) is 1.94. The molecular formula is C15H12BrClF2O2. The first kappa shape index (κ1) is 16.0. The lowest BCUT2D eigenvalue weighted by molar-refractivity contribution is 0.354. The van der Waals surface area contributed by atoms with Crippen molar-refractivity contribution in [1.29, 1.82) is 0 Å². The molecule has 2 aromatic rings. The predicted octanol–water partition coefficient (Wildman–Crippen LogP) is 5.12. The molecule has 0 N–H and O–H groups in total. The van der Waals surface area contributed by atoms with Gasteiger partial charge in [-0.05, 0) is 17.7 Å². The van der Waals surface area contributed by atoms with Gasteiger partial charge < -0.3 is 9.47 Å². The fraction of sp³-hybridized carbons (Fsp3) is 0.200. The number of hydrogen-bond donors (Lipinski definition) is 0. The standard InChI is InChI=1S/C15H12BrClF2O2/c1-20-13-6-10(11(17)7-14(13)21-2)15(16)9-4-3-8(18)5-12(9)19/h3-7,15H,1-2H3. The second kappa shape index (κ2) is 6.62. The molecule has 0 amide bonds. The number of ether oxygens (including phenoxy) is 2. The Morgan fingerprint density at radius 3 is 2.19 bits per heavy atom. The molecule has 2 aromatic carbocycles. The predicted molar refractivity (Wildman–Crippen MR) is 81.7 cm³/mol. The summed E-state index contributed by atoms with van der Waals surface area (Å²) in [5.41, 5.74) is 0.880. The maximum absolute atomic E-state index is 13.9. The van der Waals surface area contributed by atoms with Crippen LogP contribution in [0.1, 0.15) is 16.0 Å². The third-order valence-electron chi connectivity index (χ3n) is 3.01. The van der Waals surface area contributed by atoms with Crippen LogP contribution in [-0.2, 0) is 0 Å². The van der Waals surface area contributed by atoms with Crippen LogP contribution in [-0.4, -0.2) is 14.2 Å². The molecule has 0 saturated carbocycles. The number of methoxy groups -OCH3 is 2. The van der Waals surface area contributed by atoms with Crippen molar-refractivity contribution in [3.8, 4) is 11.5 Å². The summed E-state index contributed by atoms with van der Waals surface area (Å²) >= 11 is 9.59. The molecule has 21 heavy (non-hydrogen) atoms. The molecule has 1 atom stereocenters. The summed E-state index contributed by atoms with van der Waals surface area (Å²) in [6, 6.07) is 6.64. The van der Waals surface area contributed by atoms with Gasteiger partial charge in [-0.25, -0.2) is 8.78 Å². The molecule has 0 heterocycles. The molecule has 1 unspecified atom stereocenters. The van der Waals surface area contributed by atoms with Gasteiger partial charge in [0.2, 0.25) is 0 Å². The molecule has 0 spiro atoms. The van der Waals surface area contributed by atoms with E-state index >= 15 is 0 Å². The average Bonchev–Trinajstić information content (AvgIpc) is 2.46. The van der Waals surface area contributed by atoms with Gasteiger partial charge in [0.25, 0.3) is 0 Å². The Kier molecular flexibility index (Phi) is 5.06. The molecular weight excluding hydrogens is 366 g/mol. The highest BCUT2D eigenvalue weighted by atomic mass is 79.9. The molecule has 112 valence electrons. The zero-order chi connectivity index (χ0) is 15.6. The second-order valence-electron chi connectivity index (χ2n) is 4.26. The van der Waals surface area contributed by atoms with E-state index in [2.05, 4.69) is 15.9 Å². The van der Waals surface area contributed by atoms with E-state index in [1.807, 2.05) is 0 Å². The zero-order valence-electron chi connectivity index (χ0n) is 11.3. The lowest BCUT2D eigenvalue weighted by Gasteiger charge is -2.16. The Morgan fingerprint density at radius 2 is 1.62 bits per heavy atom. The molecule has 0 radical (unpaired) electrons. The highest BCUT2D eigenvalue weighted by molar-refractivity contribution is 9.09. The quantitative estimate of drug-likeness (QED) is 0.689. The van der Waals surface area contributed by atoms with Crippen LogP contribution in [0.4, 0.5) is 8.78 Å². The Bertz CT molecular complexity index is 664. The minimum Gasteiger partial charge on any atom is -0.493 e. The molecule has 0 saturated heterocycles. The van der Waals surface area contributed by atoms with Gasteiger partial charge in [0.1, 0.15) is 11.6 Å². The van der Waals surface area contributed by atoms with Crippen molar-refractivity contribution in [2.24, 2.45) is 0 Å². The first-order chi connectivity index (χ1) is 9.97. The van der Waals surface area contributed by atoms with E-state index in [9.17, 15) is 8.78 Å². The minimum absolute atomic E-state index is 0.283. The summed E-state index contributed by atoms with van der Waals surface area (Å²) in [4.78, 5) is -0.537. The molecule has 0 bridgehead atoms. The average molecular weight is 378 g/mol. The van der Waals surface area contributed by atoms with Gasteiger partial charge in [0.15, 0.2) is 11.5 Å². The summed E-state index contributed by atoms with van der Waals surface area (Å²) in [6.45, 7) is 0. The lowest BCUT2D eigenvalue weighted by atomic mass is 10.0. The normalized spacial score (nSPS) is 12.1. The van der Waals surface area contributed by atoms with Crippen LogP contribution in [0.15, 0.2) is 30.3 Å². The van der Waals surface area contributed by atoms with Crippen LogP contribution in [0.5, 0.6) is 11.5 Å². The second-order valence-corrected chi connectivity index (χ2v) is 5.58. The molecule has 2 nitrogen and oxygen atoms in total. The third kappa shape index (κ3) is 3.30. The summed E-state index contributed by atoms with van der Waals surface area (Å²) in [7, 11) is 3.00. The molecule has 6 heteroatoms. The van der Waals surface area contributed by atoms with Crippen LogP contribution >= 0.6 is 27.5 Å². The van der Waals surface area contributed by atoms with Crippen molar-refractivity contribution in [3.05, 3.63) is 58.1 Å². The van der Waals surface area contributed by atoms with E-state index in [0.717, 1.165) is 6.07 Å². The van der Waals surface area contributed by atoms with Gasteiger partial charge >= 0.3 is 0 Å². The largest absolute Gasteiger partial charge is 0.493 e. The molecule has 0 aliphatic rings. The van der Waals surface area contributed by atoms with Crippen LogP contribution in [0.3, 0.4) is 0 Å². The first-order valence-electron chi connectivity index (χ1n) is 5.98. The van der Waals surface area contributed by atoms with E-state index in [0.29, 0.717) is 22.1 Å². The van der Waals surface area contributed by atoms with Crippen molar-refractivity contribution in [3.63, 3.8) is 0 Å². The molecule has 0 aliphatic heterocycles. The minimum atomic E-state index is -0.650. The maximum atomic E-state index is 13.9. The third-order valence-corrected chi connectivity index (χ3v) is 4.33. The fourth-order valence-corrected chi connectivity index (χ4v) is 3.08. The number of alkyl halides is 1. The van der Waals surface area contributed by atoms with Crippen LogP contribution in [0, 0.1) is 11.6 Å². The van der Waals surface area contributed by atoms with Gasteiger partial charge in [0.05, 0.1) is 19.0 Å². The number of rotatable bonds is 4. The highest BCUT2D eigenvalue weighted by Crippen LogP contribution is 2.41. The number of benzene rings is 2. The monoisotopic (exact) mass is 376 g/mol. The van der Waals surface area contributed by atoms with Gasteiger partial charge in [-0.2, -0.15) is 0 Å². The van der Waals surface area contributed by atoms with Gasteiger partial charge in [0, 0.05) is 22.7 Å². The van der Waals surface area contributed by atoms with Crippen LogP contribution < -0.4 is 9.47 Å². The summed E-state index contributed by atoms with van der Waals surface area (Å²) in [6.07, 6.45) is 0. The maximum Gasteiger partial charge on any atom is 0.162 e. The summed E-state index contributed by atoms with van der Waals surface area (Å²) in [5, 5.41) is 0.387. The summed E-state index contributed by atoms with van der Waals surface area (Å²) < 4.78 is 37.2. The van der Waals surface area contributed by atoms with E-state index in [4.69, 9.17) is 21.1 Å². The van der Waals surface area contributed by atoms with E-state index in [-0.39, 0.29) is 5.56 Å². The van der Waals surface area contributed by atoms with Crippen molar-refractivity contribution in [2.75, 3.05) is 14.2 Å². The Labute approximate surface area is 134 Å². The highest BCUT2D eigenvalue weighted by Gasteiger charge is 2.20. The van der Waals surface area contributed by atoms with Crippen molar-refractivity contribution < 1.29 is 18.3 Å². The zero-order valence-corrected chi connectivity index (χ0v) is 13.6. The van der Waals surface area contributed by atoms with Crippen molar-refractivity contribution in [2.45, 2.75) is 4.83 Å². The van der Waals surface area contributed by atoms with Crippen LogP contribution in [0.25, 0.3) is 0 Å². The molecule has 0 fully saturated rings. The Morgan fingerprint density at radius 1 is 1.00 bits per heavy atom. The van der Waals surface area contributed by atoms with Crippen LogP contribution in [0.2, 0.25) is 5.02 Å². The van der Waals surface area contributed by atoms with Gasteiger partial charge in [-0.1, -0.05) is 33.6 Å². The Hall–Kier alpha value is -1.33. The topological polar surface area (TPSA) is 18.5 Å². The smallest absolute Gasteiger partial charge is 0.162 e.